The molecule has 10 rings (SSSR count). The van der Waals surface area contributed by atoms with Crippen molar-refractivity contribution in [1.82, 2.24) is 9.88 Å². The molecule has 1 aliphatic carbocycles. The predicted molar refractivity (Wildman–Crippen MR) is 224 cm³/mol. The van der Waals surface area contributed by atoms with Crippen LogP contribution in [0.1, 0.15) is 30.5 Å². The van der Waals surface area contributed by atoms with Crippen molar-refractivity contribution >= 4 is 44.4 Å². The second-order valence-corrected chi connectivity index (χ2v) is 14.7. The number of dihydropyridines is 1. The first-order valence-electron chi connectivity index (χ1n) is 18.5. The highest BCUT2D eigenvalue weighted by Gasteiger charge is 2.36. The summed E-state index contributed by atoms with van der Waals surface area (Å²) in [5, 5.41) is 5.91. The third kappa shape index (κ3) is 5.11. The summed E-state index contributed by atoms with van der Waals surface area (Å²) in [6, 6.07) is 60.2. The molecule has 3 heteroatoms. The first kappa shape index (κ1) is 31.2. The van der Waals surface area contributed by atoms with Gasteiger partial charge in [-0.1, -0.05) is 123 Å². The van der Waals surface area contributed by atoms with Crippen LogP contribution in [-0.2, 0) is 5.41 Å². The average Bonchev–Trinajstić information content (AvgIpc) is 3.67. The van der Waals surface area contributed by atoms with Crippen molar-refractivity contribution < 1.29 is 0 Å². The molecule has 0 spiro atoms. The molecule has 0 radical (unpaired) electrons. The lowest BCUT2D eigenvalue weighted by molar-refractivity contribution is 0.660. The van der Waals surface area contributed by atoms with Crippen LogP contribution in [0, 0.1) is 0 Å². The van der Waals surface area contributed by atoms with E-state index in [4.69, 9.17) is 0 Å². The van der Waals surface area contributed by atoms with E-state index < -0.39 is 0 Å². The van der Waals surface area contributed by atoms with Gasteiger partial charge in [0.05, 0.1) is 11.0 Å². The SMILES string of the molecule is CC1(C)c2cc(N(c3ccc(C4=CC=CNC4)cc3)c3ccc(-c4ccccc4)cc3)ccc2-c2ccc(-n3c4ccccc4c4ccccc43)cc21. The molecule has 1 N–H and O–H groups in total. The van der Waals surface area contributed by atoms with E-state index in [1.54, 1.807) is 0 Å². The first-order valence-corrected chi connectivity index (χ1v) is 18.5. The van der Waals surface area contributed by atoms with Crippen LogP contribution in [0.15, 0.2) is 182 Å². The molecule has 1 aliphatic heterocycles. The molecule has 2 heterocycles. The van der Waals surface area contributed by atoms with Crippen LogP contribution in [0.3, 0.4) is 0 Å². The molecule has 0 amide bonds. The number of hydrogen-bond acceptors (Lipinski definition) is 2. The van der Waals surface area contributed by atoms with E-state index in [1.165, 1.54) is 72.0 Å². The molecule has 1 aromatic heterocycles. The van der Waals surface area contributed by atoms with Crippen molar-refractivity contribution in [2.45, 2.75) is 19.3 Å². The Bertz CT molecular complexity index is 2680. The summed E-state index contributed by atoms with van der Waals surface area (Å²) in [5.41, 5.74) is 17.1. The molecular formula is C50H39N3. The van der Waals surface area contributed by atoms with Crippen LogP contribution in [0.5, 0.6) is 0 Å². The fraction of sp³-hybridized carbons (Fsp3) is 0.0800. The molecule has 0 atom stereocenters. The molecular weight excluding hydrogens is 643 g/mol. The Balaban J connectivity index is 1.07. The van der Waals surface area contributed by atoms with Crippen molar-refractivity contribution in [1.29, 1.82) is 0 Å². The summed E-state index contributed by atoms with van der Waals surface area (Å²) < 4.78 is 2.43. The number of benzene rings is 7. The Morgan fingerprint density at radius 3 is 1.72 bits per heavy atom. The van der Waals surface area contributed by atoms with Gasteiger partial charge in [-0.25, -0.2) is 0 Å². The van der Waals surface area contributed by atoms with Crippen molar-refractivity contribution in [2.24, 2.45) is 0 Å². The number of hydrogen-bond donors (Lipinski definition) is 1. The average molecular weight is 682 g/mol. The zero-order valence-corrected chi connectivity index (χ0v) is 29.9. The quantitative estimate of drug-likeness (QED) is 0.188. The topological polar surface area (TPSA) is 20.2 Å². The van der Waals surface area contributed by atoms with Crippen LogP contribution in [-0.4, -0.2) is 11.1 Å². The summed E-state index contributed by atoms with van der Waals surface area (Å²) in [6.45, 7) is 5.59. The van der Waals surface area contributed by atoms with Gasteiger partial charge in [-0.2, -0.15) is 0 Å². The Labute approximate surface area is 310 Å². The van der Waals surface area contributed by atoms with E-state index in [0.29, 0.717) is 0 Å². The maximum Gasteiger partial charge on any atom is 0.0541 e. The molecule has 0 bridgehead atoms. The highest BCUT2D eigenvalue weighted by Crippen LogP contribution is 2.51. The second kappa shape index (κ2) is 12.3. The van der Waals surface area contributed by atoms with Gasteiger partial charge in [0.15, 0.2) is 0 Å². The minimum absolute atomic E-state index is 0.198. The predicted octanol–water partition coefficient (Wildman–Crippen LogP) is 12.7. The number of nitrogens with one attached hydrogen (secondary N) is 1. The maximum absolute atomic E-state index is 3.35. The number of para-hydroxylation sites is 2. The first-order chi connectivity index (χ1) is 26.0. The molecule has 0 fully saturated rings. The summed E-state index contributed by atoms with van der Waals surface area (Å²) in [4.78, 5) is 2.40. The number of fused-ring (bicyclic) bond motifs is 6. The van der Waals surface area contributed by atoms with E-state index >= 15 is 0 Å². The van der Waals surface area contributed by atoms with Crippen molar-refractivity contribution in [3.8, 4) is 27.9 Å². The van der Waals surface area contributed by atoms with Crippen LogP contribution < -0.4 is 10.2 Å². The number of aromatic nitrogens is 1. The summed E-state index contributed by atoms with van der Waals surface area (Å²) in [6.07, 6.45) is 6.26. The van der Waals surface area contributed by atoms with Crippen LogP contribution in [0.25, 0.3) is 55.3 Å². The number of anilines is 3. The lowest BCUT2D eigenvalue weighted by atomic mass is 9.82. The number of allylic oxidation sites excluding steroid dienone is 2. The number of nitrogens with zero attached hydrogens (tertiary/aromatic N) is 2. The lowest BCUT2D eigenvalue weighted by Crippen LogP contribution is -2.17. The Hall–Kier alpha value is -6.58. The minimum atomic E-state index is -0.198. The van der Waals surface area contributed by atoms with Crippen LogP contribution in [0.4, 0.5) is 17.1 Å². The molecule has 0 unspecified atom stereocenters. The van der Waals surface area contributed by atoms with E-state index in [-0.39, 0.29) is 5.41 Å². The summed E-state index contributed by atoms with van der Waals surface area (Å²) in [7, 11) is 0. The fourth-order valence-electron chi connectivity index (χ4n) is 8.56. The molecule has 53 heavy (non-hydrogen) atoms. The highest BCUT2D eigenvalue weighted by molar-refractivity contribution is 6.09. The fourth-order valence-corrected chi connectivity index (χ4v) is 8.56. The van der Waals surface area contributed by atoms with E-state index in [0.717, 1.165) is 23.6 Å². The smallest absolute Gasteiger partial charge is 0.0541 e. The van der Waals surface area contributed by atoms with Gasteiger partial charge in [0, 0.05) is 45.5 Å². The van der Waals surface area contributed by atoms with Crippen molar-refractivity contribution in [2.75, 3.05) is 11.4 Å². The molecule has 0 saturated carbocycles. The Morgan fingerprint density at radius 1 is 0.528 bits per heavy atom. The molecule has 0 saturated heterocycles. The van der Waals surface area contributed by atoms with Crippen LogP contribution >= 0.6 is 0 Å². The zero-order chi connectivity index (χ0) is 35.5. The van der Waals surface area contributed by atoms with Gasteiger partial charge in [-0.15, -0.1) is 0 Å². The monoisotopic (exact) mass is 681 g/mol. The Morgan fingerprint density at radius 2 is 1.08 bits per heavy atom. The molecule has 8 aromatic rings. The van der Waals surface area contributed by atoms with Gasteiger partial charge in [-0.05, 0) is 117 Å². The molecule has 2 aliphatic rings. The van der Waals surface area contributed by atoms with Gasteiger partial charge < -0.3 is 14.8 Å². The second-order valence-electron chi connectivity index (χ2n) is 14.7. The standard InChI is InChI=1S/C50H39N3/c1-50(2)46-31-40(26-28-42(46)43-29-27-41(32-47(43)50)53-48-16-8-6-14-44(48)45-15-7-9-17-49(45)53)52(38-22-18-35(19-23-38)34-11-4-3-5-12-34)39-24-20-36(21-25-39)37-13-10-30-51-33-37/h3-32,51H,33H2,1-2H3. The summed E-state index contributed by atoms with van der Waals surface area (Å²) >= 11 is 0. The van der Waals surface area contributed by atoms with Gasteiger partial charge in [0.1, 0.15) is 0 Å². The van der Waals surface area contributed by atoms with Gasteiger partial charge in [0.2, 0.25) is 0 Å². The van der Waals surface area contributed by atoms with Crippen molar-refractivity contribution in [3.63, 3.8) is 0 Å². The van der Waals surface area contributed by atoms with E-state index in [2.05, 4.69) is 205 Å². The van der Waals surface area contributed by atoms with Gasteiger partial charge in [0.25, 0.3) is 0 Å². The van der Waals surface area contributed by atoms with E-state index in [9.17, 15) is 0 Å². The zero-order valence-electron chi connectivity index (χ0n) is 29.9. The highest BCUT2D eigenvalue weighted by atomic mass is 15.1. The third-order valence-corrected chi connectivity index (χ3v) is 11.3. The van der Waals surface area contributed by atoms with Gasteiger partial charge in [-0.3, -0.25) is 0 Å². The van der Waals surface area contributed by atoms with E-state index in [1.807, 2.05) is 6.20 Å². The minimum Gasteiger partial charge on any atom is -0.387 e. The molecule has 254 valence electrons. The number of rotatable bonds is 6. The largest absolute Gasteiger partial charge is 0.387 e. The normalized spacial score (nSPS) is 14.1. The lowest BCUT2D eigenvalue weighted by Gasteiger charge is -2.28. The maximum atomic E-state index is 3.35. The Kier molecular flexibility index (Phi) is 7.23. The van der Waals surface area contributed by atoms with Crippen molar-refractivity contribution in [3.05, 3.63) is 199 Å². The third-order valence-electron chi connectivity index (χ3n) is 11.3. The molecule has 7 aromatic carbocycles. The van der Waals surface area contributed by atoms with Crippen LogP contribution in [0.2, 0.25) is 0 Å². The molecule has 3 nitrogen and oxygen atoms in total. The van der Waals surface area contributed by atoms with Gasteiger partial charge >= 0.3 is 0 Å². The summed E-state index contributed by atoms with van der Waals surface area (Å²) in [5.74, 6) is 0.